The van der Waals surface area contributed by atoms with Crippen LogP contribution in [0.15, 0.2) is 78.0 Å². The maximum absolute atomic E-state index is 5.93. The Bertz CT molecular complexity index is 1110. The summed E-state index contributed by atoms with van der Waals surface area (Å²) < 4.78 is 14.1. The molecule has 0 fully saturated rings. The number of aromatic nitrogens is 2. The van der Waals surface area contributed by atoms with E-state index in [1.54, 1.807) is 11.8 Å². The molecule has 3 aromatic carbocycles. The molecule has 4 aromatic rings. The number of para-hydroxylation sites is 3. The average molecular weight is 419 g/mol. The van der Waals surface area contributed by atoms with Gasteiger partial charge in [-0.05, 0) is 61.4 Å². The maximum atomic E-state index is 5.93. The number of hydrogen-bond donors (Lipinski definition) is 0. The largest absolute Gasteiger partial charge is 0.493 e. The third-order valence-corrected chi connectivity index (χ3v) is 5.95. The molecular formula is C25H26N2O2S. The Morgan fingerprint density at radius 2 is 1.57 bits per heavy atom. The van der Waals surface area contributed by atoms with Gasteiger partial charge in [-0.15, -0.1) is 0 Å². The lowest BCUT2D eigenvalue weighted by Crippen LogP contribution is -2.10. The van der Waals surface area contributed by atoms with Crippen LogP contribution < -0.4 is 9.47 Å². The highest BCUT2D eigenvalue weighted by Crippen LogP contribution is 2.25. The summed E-state index contributed by atoms with van der Waals surface area (Å²) in [6.07, 6.45) is 0. The van der Waals surface area contributed by atoms with E-state index in [1.807, 2.05) is 42.5 Å². The zero-order valence-electron chi connectivity index (χ0n) is 17.4. The fourth-order valence-electron chi connectivity index (χ4n) is 3.25. The minimum Gasteiger partial charge on any atom is -0.493 e. The van der Waals surface area contributed by atoms with Crippen molar-refractivity contribution in [1.29, 1.82) is 0 Å². The molecule has 0 saturated carbocycles. The predicted molar refractivity (Wildman–Crippen MR) is 124 cm³/mol. The second-order valence-corrected chi connectivity index (χ2v) is 8.20. The summed E-state index contributed by atoms with van der Waals surface area (Å²) >= 11 is 1.72. The van der Waals surface area contributed by atoms with Crippen molar-refractivity contribution in [3.63, 3.8) is 0 Å². The van der Waals surface area contributed by atoms with Crippen molar-refractivity contribution in [2.75, 3.05) is 19.0 Å². The van der Waals surface area contributed by atoms with E-state index in [0.29, 0.717) is 13.2 Å². The van der Waals surface area contributed by atoms with Gasteiger partial charge >= 0.3 is 0 Å². The van der Waals surface area contributed by atoms with Gasteiger partial charge in [-0.2, -0.15) is 0 Å². The molecule has 0 bridgehead atoms. The molecule has 0 aliphatic rings. The van der Waals surface area contributed by atoms with Crippen LogP contribution in [0.4, 0.5) is 0 Å². The van der Waals surface area contributed by atoms with E-state index in [1.165, 1.54) is 11.1 Å². The third-order valence-electron chi connectivity index (χ3n) is 5.01. The summed E-state index contributed by atoms with van der Waals surface area (Å²) in [6.45, 7) is 6.20. The van der Waals surface area contributed by atoms with Crippen LogP contribution in [0.3, 0.4) is 0 Å². The smallest absolute Gasteiger partial charge is 0.169 e. The average Bonchev–Trinajstić information content (AvgIpc) is 3.12. The fraction of sp³-hybridized carbons (Fsp3) is 0.240. The monoisotopic (exact) mass is 418 g/mol. The number of rotatable bonds is 9. The zero-order chi connectivity index (χ0) is 20.8. The quantitative estimate of drug-likeness (QED) is 0.250. The van der Waals surface area contributed by atoms with E-state index in [0.717, 1.165) is 40.0 Å². The van der Waals surface area contributed by atoms with Gasteiger partial charge in [-0.3, -0.25) is 0 Å². The first-order valence-corrected chi connectivity index (χ1v) is 11.2. The minimum atomic E-state index is 0.594. The van der Waals surface area contributed by atoms with E-state index in [2.05, 4.69) is 48.7 Å². The number of nitrogens with zero attached hydrogens (tertiary/aromatic N) is 2. The molecule has 0 unspecified atom stereocenters. The van der Waals surface area contributed by atoms with Gasteiger partial charge in [0, 0.05) is 5.75 Å². The van der Waals surface area contributed by atoms with E-state index in [4.69, 9.17) is 14.5 Å². The summed E-state index contributed by atoms with van der Waals surface area (Å²) in [5.74, 6) is 2.64. The van der Waals surface area contributed by atoms with Gasteiger partial charge in [0.2, 0.25) is 0 Å². The van der Waals surface area contributed by atoms with Crippen molar-refractivity contribution in [3.05, 3.63) is 83.9 Å². The molecule has 0 atom stereocenters. The van der Waals surface area contributed by atoms with Crippen LogP contribution in [0.2, 0.25) is 0 Å². The normalized spacial score (nSPS) is 11.0. The van der Waals surface area contributed by atoms with Crippen LogP contribution in [-0.2, 0) is 6.54 Å². The Hall–Kier alpha value is -2.92. The van der Waals surface area contributed by atoms with Gasteiger partial charge in [-0.1, -0.05) is 48.2 Å². The lowest BCUT2D eigenvalue weighted by Gasteiger charge is -2.11. The van der Waals surface area contributed by atoms with Crippen molar-refractivity contribution in [1.82, 2.24) is 9.55 Å². The van der Waals surface area contributed by atoms with Gasteiger partial charge in [0.1, 0.15) is 18.1 Å². The topological polar surface area (TPSA) is 36.3 Å². The number of hydrogen-bond acceptors (Lipinski definition) is 4. The Morgan fingerprint density at radius 1 is 0.800 bits per heavy atom. The molecule has 5 heteroatoms. The molecular weight excluding hydrogens is 392 g/mol. The molecule has 4 nitrogen and oxygen atoms in total. The number of benzene rings is 3. The Morgan fingerprint density at radius 3 is 2.40 bits per heavy atom. The molecule has 0 aliphatic heterocycles. The predicted octanol–water partition coefficient (Wildman–Crippen LogP) is 5.90. The summed E-state index contributed by atoms with van der Waals surface area (Å²) in [5, 5.41) is 0.997. The molecule has 0 amide bonds. The van der Waals surface area contributed by atoms with E-state index >= 15 is 0 Å². The summed E-state index contributed by atoms with van der Waals surface area (Å²) in [6, 6.07) is 24.4. The fourth-order valence-corrected chi connectivity index (χ4v) is 4.10. The van der Waals surface area contributed by atoms with Crippen molar-refractivity contribution < 1.29 is 9.47 Å². The lowest BCUT2D eigenvalue weighted by atomic mass is 10.1. The highest BCUT2D eigenvalue weighted by Gasteiger charge is 2.11. The van der Waals surface area contributed by atoms with E-state index in [9.17, 15) is 0 Å². The number of fused-ring (bicyclic) bond motifs is 1. The molecule has 154 valence electrons. The number of aryl methyl sites for hydroxylation is 2. The standard InChI is InChI=1S/C25H26N2O2S/c1-19-12-13-22(18-20(19)2)29-16-17-30-25-26-23-10-6-7-11-24(23)27(25)14-15-28-21-8-4-3-5-9-21/h3-13,18H,14-17H2,1-2H3. The summed E-state index contributed by atoms with van der Waals surface area (Å²) in [5.41, 5.74) is 4.67. The molecule has 4 rings (SSSR count). The molecule has 30 heavy (non-hydrogen) atoms. The number of imidazole rings is 1. The Balaban J connectivity index is 1.38. The van der Waals surface area contributed by atoms with Gasteiger partial charge < -0.3 is 14.0 Å². The third kappa shape index (κ3) is 4.97. The first-order chi connectivity index (χ1) is 14.7. The van der Waals surface area contributed by atoms with Gasteiger partial charge in [0.05, 0.1) is 24.2 Å². The lowest BCUT2D eigenvalue weighted by molar-refractivity contribution is 0.295. The first kappa shape index (κ1) is 20.4. The van der Waals surface area contributed by atoms with E-state index in [-0.39, 0.29) is 0 Å². The number of thioether (sulfide) groups is 1. The molecule has 1 heterocycles. The molecule has 1 aromatic heterocycles. The minimum absolute atomic E-state index is 0.594. The molecule has 0 radical (unpaired) electrons. The maximum Gasteiger partial charge on any atom is 0.169 e. The highest BCUT2D eigenvalue weighted by molar-refractivity contribution is 7.99. The summed E-state index contributed by atoms with van der Waals surface area (Å²) in [4.78, 5) is 4.82. The highest BCUT2D eigenvalue weighted by atomic mass is 32.2. The molecule has 0 spiro atoms. The summed E-state index contributed by atoms with van der Waals surface area (Å²) in [7, 11) is 0. The number of ether oxygens (including phenoxy) is 2. The van der Waals surface area contributed by atoms with Crippen LogP contribution in [0.5, 0.6) is 11.5 Å². The molecule has 0 saturated heterocycles. The second kappa shape index (κ2) is 9.72. The SMILES string of the molecule is Cc1ccc(OCCSc2nc3ccccc3n2CCOc2ccccc2)cc1C. The van der Waals surface area contributed by atoms with E-state index < -0.39 is 0 Å². The Labute approximate surface area is 181 Å². The molecule has 0 N–H and O–H groups in total. The van der Waals surface area contributed by atoms with Gasteiger partial charge in [-0.25, -0.2) is 4.98 Å². The van der Waals surface area contributed by atoms with Crippen LogP contribution in [0.1, 0.15) is 11.1 Å². The Kier molecular flexibility index (Phi) is 6.60. The van der Waals surface area contributed by atoms with Crippen molar-refractivity contribution in [2.45, 2.75) is 25.5 Å². The molecule has 0 aliphatic carbocycles. The van der Waals surface area contributed by atoms with Crippen LogP contribution in [0, 0.1) is 13.8 Å². The van der Waals surface area contributed by atoms with Crippen molar-refractivity contribution in [2.24, 2.45) is 0 Å². The van der Waals surface area contributed by atoms with Crippen LogP contribution >= 0.6 is 11.8 Å². The van der Waals surface area contributed by atoms with Crippen molar-refractivity contribution >= 4 is 22.8 Å². The van der Waals surface area contributed by atoms with Crippen LogP contribution in [-0.4, -0.2) is 28.5 Å². The first-order valence-electron chi connectivity index (χ1n) is 10.2. The zero-order valence-corrected chi connectivity index (χ0v) is 18.2. The second-order valence-electron chi connectivity index (χ2n) is 7.14. The van der Waals surface area contributed by atoms with Crippen molar-refractivity contribution in [3.8, 4) is 11.5 Å². The van der Waals surface area contributed by atoms with Gasteiger partial charge in [0.25, 0.3) is 0 Å². The van der Waals surface area contributed by atoms with Gasteiger partial charge in [0.15, 0.2) is 5.16 Å². The van der Waals surface area contributed by atoms with Crippen LogP contribution in [0.25, 0.3) is 11.0 Å².